The van der Waals surface area contributed by atoms with E-state index in [0.717, 1.165) is 12.8 Å². The van der Waals surface area contributed by atoms with Gasteiger partial charge in [0.25, 0.3) is 0 Å². The minimum Gasteiger partial charge on any atom is -0.354 e. The molecule has 1 saturated heterocycles. The highest BCUT2D eigenvalue weighted by Crippen LogP contribution is 2.32. The molecule has 2 aliphatic rings. The third-order valence-electron chi connectivity index (χ3n) is 4.86. The Morgan fingerprint density at radius 2 is 2.22 bits per heavy atom. The molecule has 8 heteroatoms. The van der Waals surface area contributed by atoms with E-state index >= 15 is 0 Å². The molecule has 0 bridgehead atoms. The van der Waals surface area contributed by atoms with Gasteiger partial charge in [-0.3, -0.25) is 4.79 Å². The molecule has 1 N–H and O–H groups in total. The number of nitrogens with one attached hydrogen (secondary N) is 1. The fraction of sp³-hybridized carbons (Fsp3) is 0.733. The molecule has 23 heavy (non-hydrogen) atoms. The van der Waals surface area contributed by atoms with Crippen molar-refractivity contribution in [3.05, 3.63) is 18.7 Å². The smallest absolute Gasteiger partial charge is 0.247 e. The zero-order valence-corrected chi connectivity index (χ0v) is 14.3. The van der Waals surface area contributed by atoms with Crippen LogP contribution in [0.5, 0.6) is 0 Å². The maximum Gasteiger partial charge on any atom is 0.247 e. The summed E-state index contributed by atoms with van der Waals surface area (Å²) in [7, 11) is -3.32. The minimum atomic E-state index is -3.32. The molecule has 2 fully saturated rings. The lowest BCUT2D eigenvalue weighted by atomic mass is 9.88. The van der Waals surface area contributed by atoms with Crippen molar-refractivity contribution >= 4 is 15.9 Å². The molecule has 1 aromatic rings. The van der Waals surface area contributed by atoms with Crippen molar-refractivity contribution in [3.8, 4) is 0 Å². The zero-order chi connectivity index (χ0) is 16.5. The molecule has 1 aliphatic heterocycles. The number of rotatable bonds is 6. The van der Waals surface area contributed by atoms with Crippen molar-refractivity contribution in [1.82, 2.24) is 19.2 Å². The van der Waals surface area contributed by atoms with Gasteiger partial charge < -0.3 is 9.88 Å². The van der Waals surface area contributed by atoms with Crippen LogP contribution < -0.4 is 5.32 Å². The number of carbonyl (C=O) groups is 1. The number of aromatic nitrogens is 2. The van der Waals surface area contributed by atoms with Crippen molar-refractivity contribution < 1.29 is 13.2 Å². The highest BCUT2D eigenvalue weighted by molar-refractivity contribution is 7.89. The number of hydrogen-bond acceptors (Lipinski definition) is 4. The van der Waals surface area contributed by atoms with Gasteiger partial charge in [-0.15, -0.1) is 0 Å². The zero-order valence-electron chi connectivity index (χ0n) is 13.4. The number of imidazole rings is 1. The van der Waals surface area contributed by atoms with Crippen LogP contribution in [0.2, 0.25) is 0 Å². The van der Waals surface area contributed by atoms with E-state index in [0.29, 0.717) is 31.8 Å². The van der Waals surface area contributed by atoms with Crippen molar-refractivity contribution in [2.75, 3.05) is 25.4 Å². The van der Waals surface area contributed by atoms with Crippen LogP contribution in [0.4, 0.5) is 0 Å². The number of piperidine rings is 1. The summed E-state index contributed by atoms with van der Waals surface area (Å²) >= 11 is 0. The van der Waals surface area contributed by atoms with Crippen LogP contribution in [0, 0.1) is 5.92 Å². The van der Waals surface area contributed by atoms with Gasteiger partial charge in [0, 0.05) is 32.0 Å². The first-order valence-corrected chi connectivity index (χ1v) is 9.83. The van der Waals surface area contributed by atoms with Crippen LogP contribution in [0.25, 0.3) is 0 Å². The largest absolute Gasteiger partial charge is 0.354 e. The van der Waals surface area contributed by atoms with E-state index in [-0.39, 0.29) is 18.2 Å². The molecule has 0 radical (unpaired) electrons. The summed E-state index contributed by atoms with van der Waals surface area (Å²) in [5, 5.41) is 3.02. The molecule has 1 aromatic heterocycles. The average molecular weight is 340 g/mol. The molecule has 0 spiro atoms. The first-order valence-electron chi connectivity index (χ1n) is 8.22. The molecule has 128 valence electrons. The van der Waals surface area contributed by atoms with E-state index in [1.54, 1.807) is 30.2 Å². The SMILES string of the molecule is CCS(=O)(=O)N1CCCC(C(=O)NCC2CC2)(n2ccnc2)C1. The van der Waals surface area contributed by atoms with E-state index in [4.69, 9.17) is 0 Å². The molecule has 1 atom stereocenters. The fourth-order valence-electron chi connectivity index (χ4n) is 3.17. The van der Waals surface area contributed by atoms with Gasteiger partial charge in [-0.2, -0.15) is 4.31 Å². The summed E-state index contributed by atoms with van der Waals surface area (Å²) in [5.41, 5.74) is -0.897. The second-order valence-electron chi connectivity index (χ2n) is 6.49. The average Bonchev–Trinajstić information content (AvgIpc) is 3.23. The van der Waals surface area contributed by atoms with Gasteiger partial charge in [-0.05, 0) is 38.5 Å². The number of nitrogens with zero attached hydrogens (tertiary/aromatic N) is 3. The Kier molecular flexibility index (Phi) is 4.46. The first kappa shape index (κ1) is 16.4. The Balaban J connectivity index is 1.87. The van der Waals surface area contributed by atoms with Gasteiger partial charge in [0.05, 0.1) is 12.1 Å². The highest BCUT2D eigenvalue weighted by Gasteiger charge is 2.46. The van der Waals surface area contributed by atoms with E-state index in [2.05, 4.69) is 10.3 Å². The van der Waals surface area contributed by atoms with E-state index in [9.17, 15) is 13.2 Å². The second kappa shape index (κ2) is 6.24. The summed E-state index contributed by atoms with van der Waals surface area (Å²) < 4.78 is 27.8. The number of hydrogen-bond donors (Lipinski definition) is 1. The summed E-state index contributed by atoms with van der Waals surface area (Å²) in [6.45, 7) is 2.96. The Hall–Kier alpha value is -1.41. The monoisotopic (exact) mass is 340 g/mol. The Morgan fingerprint density at radius 3 is 2.83 bits per heavy atom. The molecular formula is C15H24N4O3S. The van der Waals surface area contributed by atoms with Crippen molar-refractivity contribution in [1.29, 1.82) is 0 Å². The molecule has 0 aromatic carbocycles. The van der Waals surface area contributed by atoms with Crippen LogP contribution >= 0.6 is 0 Å². The number of carbonyl (C=O) groups excluding carboxylic acids is 1. The van der Waals surface area contributed by atoms with Gasteiger partial charge in [0.1, 0.15) is 5.54 Å². The van der Waals surface area contributed by atoms with E-state index in [1.807, 2.05) is 0 Å². The van der Waals surface area contributed by atoms with Crippen LogP contribution in [0.3, 0.4) is 0 Å². The molecular weight excluding hydrogens is 316 g/mol. The van der Waals surface area contributed by atoms with Crippen LogP contribution in [-0.4, -0.2) is 53.6 Å². The predicted molar refractivity (Wildman–Crippen MR) is 86.2 cm³/mol. The van der Waals surface area contributed by atoms with Gasteiger partial charge in [0.15, 0.2) is 0 Å². The lowest BCUT2D eigenvalue weighted by Crippen LogP contribution is -2.59. The summed E-state index contributed by atoms with van der Waals surface area (Å²) in [4.78, 5) is 17.0. The molecule has 1 unspecified atom stereocenters. The molecule has 1 aliphatic carbocycles. The van der Waals surface area contributed by atoms with Crippen LogP contribution in [0.1, 0.15) is 32.6 Å². The number of amides is 1. The van der Waals surface area contributed by atoms with Gasteiger partial charge in [0.2, 0.25) is 15.9 Å². The van der Waals surface area contributed by atoms with Crippen LogP contribution in [0.15, 0.2) is 18.7 Å². The Labute approximate surface area is 137 Å². The van der Waals surface area contributed by atoms with Gasteiger partial charge in [-0.1, -0.05) is 0 Å². The molecule has 3 rings (SSSR count). The molecule has 2 heterocycles. The lowest BCUT2D eigenvalue weighted by molar-refractivity contribution is -0.132. The first-order chi connectivity index (χ1) is 11.0. The topological polar surface area (TPSA) is 84.3 Å². The summed E-state index contributed by atoms with van der Waals surface area (Å²) in [5.74, 6) is 0.535. The molecule has 7 nitrogen and oxygen atoms in total. The molecule has 1 saturated carbocycles. The highest BCUT2D eigenvalue weighted by atomic mass is 32.2. The normalized spacial score (nSPS) is 26.1. The van der Waals surface area contributed by atoms with Gasteiger partial charge >= 0.3 is 0 Å². The minimum absolute atomic E-state index is 0.0523. The predicted octanol–water partition coefficient (Wildman–Crippen LogP) is 0.550. The summed E-state index contributed by atoms with van der Waals surface area (Å²) in [6, 6.07) is 0. The quantitative estimate of drug-likeness (QED) is 0.820. The third-order valence-corrected chi connectivity index (χ3v) is 6.69. The second-order valence-corrected chi connectivity index (χ2v) is 8.75. The Bertz CT molecular complexity index is 654. The van der Waals surface area contributed by atoms with Gasteiger partial charge in [-0.25, -0.2) is 13.4 Å². The Morgan fingerprint density at radius 1 is 1.43 bits per heavy atom. The maximum atomic E-state index is 12.9. The standard InChI is InChI=1S/C15H24N4O3S/c1-2-23(21,22)19-8-3-6-15(11-19,18-9-7-16-12-18)14(20)17-10-13-4-5-13/h7,9,12-13H,2-6,8,10-11H2,1H3,(H,17,20). The van der Waals surface area contributed by atoms with Crippen molar-refractivity contribution in [2.45, 2.75) is 38.1 Å². The van der Waals surface area contributed by atoms with E-state index < -0.39 is 15.6 Å². The lowest BCUT2D eigenvalue weighted by Gasteiger charge is -2.41. The summed E-state index contributed by atoms with van der Waals surface area (Å²) in [6.07, 6.45) is 8.59. The van der Waals surface area contributed by atoms with Crippen molar-refractivity contribution in [3.63, 3.8) is 0 Å². The number of sulfonamides is 1. The third kappa shape index (κ3) is 3.28. The molecule has 1 amide bonds. The van der Waals surface area contributed by atoms with E-state index in [1.165, 1.54) is 4.31 Å². The van der Waals surface area contributed by atoms with Crippen molar-refractivity contribution in [2.24, 2.45) is 5.92 Å². The van der Waals surface area contributed by atoms with Crippen LogP contribution in [-0.2, 0) is 20.4 Å². The maximum absolute atomic E-state index is 12.9. The fourth-order valence-corrected chi connectivity index (χ4v) is 4.35.